The lowest BCUT2D eigenvalue weighted by atomic mass is 9.76. The molecule has 1 aromatic rings. The van der Waals surface area contributed by atoms with Crippen LogP contribution >= 0.6 is 11.3 Å². The molecule has 0 spiro atoms. The molecule has 0 radical (unpaired) electrons. The monoisotopic (exact) mass is 341 g/mol. The smallest absolute Gasteiger partial charge is 0.407 e. The Kier molecular flexibility index (Phi) is 6.62. The quantitative estimate of drug-likeness (QED) is 0.788. The van der Waals surface area contributed by atoms with Gasteiger partial charge in [0.25, 0.3) is 0 Å². The maximum Gasteiger partial charge on any atom is 0.407 e. The summed E-state index contributed by atoms with van der Waals surface area (Å²) in [4.78, 5) is 24.9. The molecule has 0 fully saturated rings. The fourth-order valence-corrected chi connectivity index (χ4v) is 3.38. The molecule has 1 unspecified atom stereocenters. The number of hydrogen-bond acceptors (Lipinski definition) is 4. The van der Waals surface area contributed by atoms with E-state index in [0.717, 1.165) is 4.88 Å². The van der Waals surface area contributed by atoms with Gasteiger partial charge in [0.05, 0.1) is 5.41 Å². The van der Waals surface area contributed by atoms with E-state index in [1.165, 1.54) is 11.3 Å². The van der Waals surface area contributed by atoms with Gasteiger partial charge in [0.15, 0.2) is 0 Å². The topological polar surface area (TPSA) is 75.6 Å². The van der Waals surface area contributed by atoms with Crippen molar-refractivity contribution in [2.24, 2.45) is 11.3 Å². The lowest BCUT2D eigenvalue weighted by Gasteiger charge is -2.31. The Morgan fingerprint density at radius 2 is 2.00 bits per heavy atom. The summed E-state index contributed by atoms with van der Waals surface area (Å²) in [6.45, 7) is 9.34. The summed E-state index contributed by atoms with van der Waals surface area (Å²) in [5, 5.41) is 14.4. The molecule has 0 aliphatic rings. The van der Waals surface area contributed by atoms with Crippen molar-refractivity contribution >= 4 is 23.4 Å². The average molecular weight is 341 g/mol. The highest BCUT2D eigenvalue weighted by molar-refractivity contribution is 7.09. The van der Waals surface area contributed by atoms with Crippen LogP contribution in [0.1, 0.15) is 45.9 Å². The van der Waals surface area contributed by atoms with E-state index in [4.69, 9.17) is 4.74 Å². The fraction of sp³-hybridized carbons (Fsp3) is 0.647. The molecule has 5 nitrogen and oxygen atoms in total. The first-order valence-corrected chi connectivity index (χ1v) is 8.65. The Morgan fingerprint density at radius 1 is 1.35 bits per heavy atom. The van der Waals surface area contributed by atoms with Crippen LogP contribution in [0.25, 0.3) is 0 Å². The Balaban J connectivity index is 2.89. The summed E-state index contributed by atoms with van der Waals surface area (Å²) >= 11 is 1.53. The third-order valence-corrected chi connectivity index (χ3v) is 4.19. The molecular weight excluding hydrogens is 314 g/mol. The van der Waals surface area contributed by atoms with Gasteiger partial charge in [-0.25, -0.2) is 4.79 Å². The number of hydrogen-bond donors (Lipinski definition) is 2. The summed E-state index contributed by atoms with van der Waals surface area (Å²) in [5.41, 5.74) is -1.64. The van der Waals surface area contributed by atoms with Crippen molar-refractivity contribution in [3.63, 3.8) is 0 Å². The molecule has 6 heteroatoms. The van der Waals surface area contributed by atoms with Gasteiger partial charge in [-0.2, -0.15) is 0 Å². The van der Waals surface area contributed by atoms with Crippen molar-refractivity contribution in [3.05, 3.63) is 22.4 Å². The number of thiophene rings is 1. The summed E-state index contributed by atoms with van der Waals surface area (Å²) in [6, 6.07) is 3.83. The molecule has 0 bridgehead atoms. The fourth-order valence-electron chi connectivity index (χ4n) is 2.53. The largest absolute Gasteiger partial charge is 0.481 e. The van der Waals surface area contributed by atoms with Crippen molar-refractivity contribution in [1.29, 1.82) is 0 Å². The molecule has 2 N–H and O–H groups in total. The van der Waals surface area contributed by atoms with Crippen LogP contribution in [0.3, 0.4) is 0 Å². The van der Waals surface area contributed by atoms with E-state index in [0.29, 0.717) is 12.8 Å². The van der Waals surface area contributed by atoms with Crippen LogP contribution in [-0.2, 0) is 16.0 Å². The molecular formula is C17H27NO4S. The molecule has 1 aromatic heterocycles. The highest BCUT2D eigenvalue weighted by Crippen LogP contribution is 2.32. The van der Waals surface area contributed by atoms with Gasteiger partial charge >= 0.3 is 12.1 Å². The number of ether oxygens (including phenoxy) is 1. The van der Waals surface area contributed by atoms with E-state index in [1.807, 2.05) is 31.4 Å². The average Bonchev–Trinajstić information content (AvgIpc) is 2.85. The van der Waals surface area contributed by atoms with E-state index in [2.05, 4.69) is 5.32 Å². The molecule has 0 saturated heterocycles. The number of rotatable bonds is 7. The van der Waals surface area contributed by atoms with E-state index < -0.39 is 23.1 Å². The normalized spacial score (nSPS) is 14.3. The first-order chi connectivity index (χ1) is 10.5. The SMILES string of the molecule is CC(C)CC(CNC(=O)OC(C)(C)C)(Cc1cccs1)C(=O)O. The minimum absolute atomic E-state index is 0.0489. The molecule has 0 saturated carbocycles. The number of carboxylic acids is 1. The lowest BCUT2D eigenvalue weighted by molar-refractivity contribution is -0.149. The third-order valence-electron chi connectivity index (χ3n) is 3.32. The molecule has 1 atom stereocenters. The highest BCUT2D eigenvalue weighted by atomic mass is 32.1. The zero-order valence-electron chi connectivity index (χ0n) is 14.5. The van der Waals surface area contributed by atoms with E-state index in [-0.39, 0.29) is 12.5 Å². The van der Waals surface area contributed by atoms with Gasteiger partial charge in [0.2, 0.25) is 0 Å². The second-order valence-electron chi connectivity index (χ2n) is 7.30. The van der Waals surface area contributed by atoms with Gasteiger partial charge < -0.3 is 15.2 Å². The van der Waals surface area contributed by atoms with Gasteiger partial charge in [-0.3, -0.25) is 4.79 Å². The number of carboxylic acid groups (broad SMARTS) is 1. The third kappa shape index (κ3) is 6.60. The van der Waals surface area contributed by atoms with Crippen molar-refractivity contribution in [1.82, 2.24) is 5.32 Å². The minimum atomic E-state index is -1.03. The van der Waals surface area contributed by atoms with Crippen LogP contribution in [0.5, 0.6) is 0 Å². The number of nitrogens with one attached hydrogen (secondary N) is 1. The Morgan fingerprint density at radius 3 is 2.43 bits per heavy atom. The van der Waals surface area contributed by atoms with Crippen molar-refractivity contribution in [3.8, 4) is 0 Å². The predicted octanol–water partition coefficient (Wildman–Crippen LogP) is 3.93. The van der Waals surface area contributed by atoms with Crippen LogP contribution in [0, 0.1) is 11.3 Å². The van der Waals surface area contributed by atoms with Crippen molar-refractivity contribution in [2.45, 2.75) is 53.1 Å². The number of carbonyl (C=O) groups excluding carboxylic acids is 1. The molecule has 0 aliphatic carbocycles. The van der Waals surface area contributed by atoms with Crippen LogP contribution in [0.15, 0.2) is 17.5 Å². The molecule has 23 heavy (non-hydrogen) atoms. The predicted molar refractivity (Wildman–Crippen MR) is 91.8 cm³/mol. The summed E-state index contributed by atoms with van der Waals surface area (Å²) in [5.74, 6) is -0.692. The van der Waals surface area contributed by atoms with Crippen LogP contribution in [0.4, 0.5) is 4.79 Å². The number of alkyl carbamates (subject to hydrolysis) is 1. The van der Waals surface area contributed by atoms with Crippen molar-refractivity contribution in [2.75, 3.05) is 6.54 Å². The van der Waals surface area contributed by atoms with Gasteiger partial charge in [0, 0.05) is 11.4 Å². The Bertz CT molecular complexity index is 519. The lowest BCUT2D eigenvalue weighted by Crippen LogP contribution is -2.46. The zero-order valence-corrected chi connectivity index (χ0v) is 15.3. The number of amides is 1. The second-order valence-corrected chi connectivity index (χ2v) is 8.33. The molecule has 130 valence electrons. The van der Waals surface area contributed by atoms with E-state index in [1.54, 1.807) is 20.8 Å². The molecule has 1 heterocycles. The summed E-state index contributed by atoms with van der Waals surface area (Å²) in [7, 11) is 0. The maximum absolute atomic E-state index is 12.0. The van der Waals surface area contributed by atoms with Gasteiger partial charge in [-0.1, -0.05) is 19.9 Å². The standard InChI is InChI=1S/C17H27NO4S/c1-12(2)9-17(14(19)20,10-13-7-6-8-23-13)11-18-15(21)22-16(3,4)5/h6-8,12H,9-11H2,1-5H3,(H,18,21)(H,19,20). The second kappa shape index (κ2) is 7.81. The van der Waals surface area contributed by atoms with Crippen LogP contribution in [-0.4, -0.2) is 29.3 Å². The first kappa shape index (κ1) is 19.5. The molecule has 0 aliphatic heterocycles. The van der Waals surface area contributed by atoms with Gasteiger partial charge in [-0.15, -0.1) is 11.3 Å². The summed E-state index contributed by atoms with van der Waals surface area (Å²) < 4.78 is 5.21. The first-order valence-electron chi connectivity index (χ1n) is 7.77. The van der Waals surface area contributed by atoms with Crippen LogP contribution in [0.2, 0.25) is 0 Å². The zero-order chi connectivity index (χ0) is 17.7. The summed E-state index contributed by atoms with van der Waals surface area (Å²) in [6.07, 6.45) is 0.294. The number of aliphatic carboxylic acids is 1. The molecule has 1 amide bonds. The minimum Gasteiger partial charge on any atom is -0.481 e. The van der Waals surface area contributed by atoms with Crippen LogP contribution < -0.4 is 5.32 Å². The maximum atomic E-state index is 12.0. The number of carbonyl (C=O) groups is 2. The van der Waals surface area contributed by atoms with Gasteiger partial charge in [-0.05, 0) is 51.0 Å². The molecule has 1 rings (SSSR count). The highest BCUT2D eigenvalue weighted by Gasteiger charge is 2.40. The Labute approximate surface area is 142 Å². The van der Waals surface area contributed by atoms with Crippen molar-refractivity contribution < 1.29 is 19.4 Å². The van der Waals surface area contributed by atoms with E-state index >= 15 is 0 Å². The van der Waals surface area contributed by atoms with E-state index in [9.17, 15) is 14.7 Å². The van der Waals surface area contributed by atoms with Gasteiger partial charge in [0.1, 0.15) is 5.60 Å². The Hall–Kier alpha value is -1.56. The molecule has 0 aromatic carbocycles.